The predicted octanol–water partition coefficient (Wildman–Crippen LogP) is 2.42. The van der Waals surface area contributed by atoms with Crippen molar-refractivity contribution in [1.82, 2.24) is 15.3 Å². The number of rotatable bonds is 4. The van der Waals surface area contributed by atoms with Crippen molar-refractivity contribution in [2.24, 2.45) is 0 Å². The molecule has 2 aliphatic carbocycles. The van der Waals surface area contributed by atoms with Crippen LogP contribution >= 0.6 is 0 Å². The van der Waals surface area contributed by atoms with Crippen molar-refractivity contribution in [3.63, 3.8) is 0 Å². The van der Waals surface area contributed by atoms with Gasteiger partial charge in [-0.25, -0.2) is 9.97 Å². The van der Waals surface area contributed by atoms with Crippen molar-refractivity contribution >= 4 is 11.9 Å². The number of hydrogen-bond donors (Lipinski definition) is 2. The summed E-state index contributed by atoms with van der Waals surface area (Å²) in [4.78, 5) is 21.0. The van der Waals surface area contributed by atoms with Crippen LogP contribution in [-0.2, 0) is 0 Å². The van der Waals surface area contributed by atoms with Crippen LogP contribution < -0.4 is 10.6 Å². The molecule has 2 N–H and O–H groups in total. The Labute approximate surface area is 119 Å². The molecule has 108 valence electrons. The maximum atomic E-state index is 12.3. The zero-order valence-electron chi connectivity index (χ0n) is 12.0. The van der Waals surface area contributed by atoms with Gasteiger partial charge in [-0.2, -0.15) is 0 Å². The van der Waals surface area contributed by atoms with E-state index in [4.69, 9.17) is 0 Å². The summed E-state index contributed by atoms with van der Waals surface area (Å²) >= 11 is 0. The number of nitrogens with zero attached hydrogens (tertiary/aromatic N) is 2. The van der Waals surface area contributed by atoms with Crippen LogP contribution in [0.4, 0.5) is 5.95 Å². The molecule has 2 aliphatic rings. The monoisotopic (exact) mass is 274 g/mol. The van der Waals surface area contributed by atoms with Gasteiger partial charge in [-0.15, -0.1) is 0 Å². The van der Waals surface area contributed by atoms with Gasteiger partial charge in [-0.1, -0.05) is 19.3 Å². The quantitative estimate of drug-likeness (QED) is 0.885. The molecule has 0 radical (unpaired) electrons. The zero-order chi connectivity index (χ0) is 13.9. The Morgan fingerprint density at radius 2 is 1.85 bits per heavy atom. The van der Waals surface area contributed by atoms with E-state index in [1.807, 2.05) is 6.92 Å². The molecule has 1 heterocycles. The third-order valence-corrected chi connectivity index (χ3v) is 3.94. The first-order valence-electron chi connectivity index (χ1n) is 7.64. The van der Waals surface area contributed by atoms with E-state index in [0.717, 1.165) is 18.5 Å². The summed E-state index contributed by atoms with van der Waals surface area (Å²) in [7, 11) is 0. The first-order chi connectivity index (χ1) is 9.70. The molecule has 1 aromatic heterocycles. The van der Waals surface area contributed by atoms with Crippen LogP contribution in [0.3, 0.4) is 0 Å². The number of anilines is 1. The van der Waals surface area contributed by atoms with Crippen molar-refractivity contribution in [2.75, 3.05) is 5.32 Å². The lowest BCUT2D eigenvalue weighted by Crippen LogP contribution is -2.36. The lowest BCUT2D eigenvalue weighted by molar-refractivity contribution is 0.0922. The number of carbonyl (C=O) groups excluding carboxylic acids is 1. The highest BCUT2D eigenvalue weighted by Gasteiger charge is 2.23. The van der Waals surface area contributed by atoms with Crippen molar-refractivity contribution in [2.45, 2.75) is 64.0 Å². The first-order valence-corrected chi connectivity index (χ1v) is 7.64. The molecule has 0 atom stereocenters. The van der Waals surface area contributed by atoms with Crippen LogP contribution in [0.5, 0.6) is 0 Å². The van der Waals surface area contributed by atoms with E-state index in [2.05, 4.69) is 20.6 Å². The SMILES string of the molecule is Cc1cc(C(=O)NC2CCCCC2)nc(NC2CC2)n1. The molecule has 2 fully saturated rings. The average Bonchev–Trinajstić information content (AvgIpc) is 3.23. The minimum absolute atomic E-state index is 0.0683. The van der Waals surface area contributed by atoms with Gasteiger partial charge in [-0.05, 0) is 38.7 Å². The number of hydrogen-bond acceptors (Lipinski definition) is 4. The highest BCUT2D eigenvalue weighted by molar-refractivity contribution is 5.92. The highest BCUT2D eigenvalue weighted by atomic mass is 16.1. The number of aromatic nitrogens is 2. The summed E-state index contributed by atoms with van der Waals surface area (Å²) in [5, 5.41) is 6.35. The lowest BCUT2D eigenvalue weighted by Gasteiger charge is -2.22. The molecule has 0 aromatic carbocycles. The summed E-state index contributed by atoms with van der Waals surface area (Å²) in [5.41, 5.74) is 1.31. The third-order valence-electron chi connectivity index (χ3n) is 3.94. The van der Waals surface area contributed by atoms with E-state index in [0.29, 0.717) is 23.7 Å². The Morgan fingerprint density at radius 1 is 1.10 bits per heavy atom. The van der Waals surface area contributed by atoms with Crippen LogP contribution in [0, 0.1) is 6.92 Å². The van der Waals surface area contributed by atoms with Gasteiger partial charge in [0.15, 0.2) is 0 Å². The topological polar surface area (TPSA) is 66.9 Å². The van der Waals surface area contributed by atoms with Crippen molar-refractivity contribution in [3.8, 4) is 0 Å². The van der Waals surface area contributed by atoms with Gasteiger partial charge >= 0.3 is 0 Å². The molecule has 3 rings (SSSR count). The molecule has 0 spiro atoms. The fraction of sp³-hybridized carbons (Fsp3) is 0.667. The zero-order valence-corrected chi connectivity index (χ0v) is 12.0. The molecule has 0 saturated heterocycles. The van der Waals surface area contributed by atoms with Crippen molar-refractivity contribution in [1.29, 1.82) is 0 Å². The summed E-state index contributed by atoms with van der Waals surface area (Å²) in [5.74, 6) is 0.516. The normalized spacial score (nSPS) is 19.6. The Hall–Kier alpha value is -1.65. The second-order valence-corrected chi connectivity index (χ2v) is 5.95. The maximum absolute atomic E-state index is 12.3. The molecular formula is C15H22N4O. The van der Waals surface area contributed by atoms with Crippen molar-refractivity contribution in [3.05, 3.63) is 17.5 Å². The Kier molecular flexibility index (Phi) is 3.85. The fourth-order valence-electron chi connectivity index (χ4n) is 2.67. The van der Waals surface area contributed by atoms with E-state index in [9.17, 15) is 4.79 Å². The smallest absolute Gasteiger partial charge is 0.270 e. The van der Waals surface area contributed by atoms with Crippen LogP contribution in [0.1, 0.15) is 61.1 Å². The summed E-state index contributed by atoms with van der Waals surface area (Å²) in [6, 6.07) is 2.56. The summed E-state index contributed by atoms with van der Waals surface area (Å²) in [6.45, 7) is 1.90. The Bertz CT molecular complexity index is 493. The second-order valence-electron chi connectivity index (χ2n) is 5.95. The largest absolute Gasteiger partial charge is 0.351 e. The van der Waals surface area contributed by atoms with Gasteiger partial charge in [0.25, 0.3) is 5.91 Å². The summed E-state index contributed by atoms with van der Waals surface area (Å²) < 4.78 is 0. The van der Waals surface area contributed by atoms with Gasteiger partial charge in [0.05, 0.1) is 0 Å². The Morgan fingerprint density at radius 3 is 2.55 bits per heavy atom. The molecule has 1 amide bonds. The predicted molar refractivity (Wildman–Crippen MR) is 77.8 cm³/mol. The molecule has 0 bridgehead atoms. The van der Waals surface area contributed by atoms with E-state index < -0.39 is 0 Å². The lowest BCUT2D eigenvalue weighted by atomic mass is 9.95. The first kappa shape index (κ1) is 13.3. The molecule has 20 heavy (non-hydrogen) atoms. The summed E-state index contributed by atoms with van der Waals surface area (Å²) in [6.07, 6.45) is 8.21. The van der Waals surface area contributed by atoms with Crippen LogP contribution in [0.25, 0.3) is 0 Å². The van der Waals surface area contributed by atoms with Crippen LogP contribution in [0.15, 0.2) is 6.07 Å². The van der Waals surface area contributed by atoms with Gasteiger partial charge < -0.3 is 10.6 Å². The van der Waals surface area contributed by atoms with E-state index in [1.54, 1.807) is 6.07 Å². The molecule has 5 heteroatoms. The Balaban J connectivity index is 1.67. The van der Waals surface area contributed by atoms with Gasteiger partial charge in [0.2, 0.25) is 5.95 Å². The highest BCUT2D eigenvalue weighted by Crippen LogP contribution is 2.23. The van der Waals surface area contributed by atoms with Gasteiger partial charge in [0.1, 0.15) is 5.69 Å². The second kappa shape index (κ2) is 5.77. The van der Waals surface area contributed by atoms with Gasteiger partial charge in [0, 0.05) is 17.8 Å². The molecule has 0 aliphatic heterocycles. The molecular weight excluding hydrogens is 252 g/mol. The minimum atomic E-state index is -0.0683. The molecule has 2 saturated carbocycles. The molecule has 0 unspecified atom stereocenters. The fourth-order valence-corrected chi connectivity index (χ4v) is 2.67. The maximum Gasteiger partial charge on any atom is 0.270 e. The average molecular weight is 274 g/mol. The van der Waals surface area contributed by atoms with E-state index >= 15 is 0 Å². The number of aryl methyl sites for hydroxylation is 1. The third kappa shape index (κ3) is 3.46. The number of amides is 1. The molecule has 5 nitrogen and oxygen atoms in total. The van der Waals surface area contributed by atoms with Crippen LogP contribution in [0.2, 0.25) is 0 Å². The molecule has 1 aromatic rings. The number of nitrogens with one attached hydrogen (secondary N) is 2. The minimum Gasteiger partial charge on any atom is -0.351 e. The van der Waals surface area contributed by atoms with E-state index in [-0.39, 0.29) is 5.91 Å². The standard InChI is InChI=1S/C15H22N4O/c1-10-9-13(19-15(16-10)18-12-7-8-12)14(20)17-11-5-3-2-4-6-11/h9,11-12H,2-8H2,1H3,(H,17,20)(H,16,18,19). The van der Waals surface area contributed by atoms with Gasteiger partial charge in [-0.3, -0.25) is 4.79 Å². The van der Waals surface area contributed by atoms with E-state index in [1.165, 1.54) is 32.1 Å². The van der Waals surface area contributed by atoms with Crippen molar-refractivity contribution < 1.29 is 4.79 Å². The number of carbonyl (C=O) groups is 1. The van der Waals surface area contributed by atoms with Crippen LogP contribution in [-0.4, -0.2) is 28.0 Å².